The number of nitrogens with one attached hydrogen (secondary N) is 1. The highest BCUT2D eigenvalue weighted by Gasteiger charge is 2.11. The lowest BCUT2D eigenvalue weighted by Crippen LogP contribution is -2.00. The molecule has 0 unspecified atom stereocenters. The second-order valence-corrected chi connectivity index (χ2v) is 5.43. The standard InChI is InChI=1S/C19H14N2O3/c1-23-19(22)13-4-2-12(3-5-13)17-11-18(24-21-17)15-6-7-16-14(10-15)8-9-20-16/h2-11,20H,1H3. The number of hydrogen-bond acceptors (Lipinski definition) is 4. The highest BCUT2D eigenvalue weighted by molar-refractivity contribution is 5.90. The maximum Gasteiger partial charge on any atom is 0.337 e. The summed E-state index contributed by atoms with van der Waals surface area (Å²) in [6.45, 7) is 0. The quantitative estimate of drug-likeness (QED) is 0.573. The second kappa shape index (κ2) is 5.70. The van der Waals surface area contributed by atoms with Gasteiger partial charge in [0.25, 0.3) is 0 Å². The first-order chi connectivity index (χ1) is 11.7. The Bertz CT molecular complexity index is 1010. The van der Waals surface area contributed by atoms with Gasteiger partial charge in [0.2, 0.25) is 0 Å². The molecule has 24 heavy (non-hydrogen) atoms. The van der Waals surface area contributed by atoms with Crippen LogP contribution < -0.4 is 0 Å². The number of benzene rings is 2. The first kappa shape index (κ1) is 14.3. The van der Waals surface area contributed by atoms with Crippen molar-refractivity contribution in [2.45, 2.75) is 0 Å². The van der Waals surface area contributed by atoms with E-state index in [9.17, 15) is 4.79 Å². The average Bonchev–Trinajstić information content (AvgIpc) is 3.29. The van der Waals surface area contributed by atoms with Gasteiger partial charge in [0.1, 0.15) is 5.69 Å². The van der Waals surface area contributed by atoms with E-state index < -0.39 is 0 Å². The Morgan fingerprint density at radius 1 is 1.04 bits per heavy atom. The molecule has 0 amide bonds. The van der Waals surface area contributed by atoms with E-state index in [1.807, 2.05) is 42.6 Å². The summed E-state index contributed by atoms with van der Waals surface area (Å²) in [4.78, 5) is 14.6. The number of carbonyl (C=O) groups excluding carboxylic acids is 1. The van der Waals surface area contributed by atoms with E-state index in [0.29, 0.717) is 11.3 Å². The summed E-state index contributed by atoms with van der Waals surface area (Å²) in [6.07, 6.45) is 1.91. The predicted molar refractivity (Wildman–Crippen MR) is 90.6 cm³/mol. The van der Waals surface area contributed by atoms with Crippen LogP contribution in [0.2, 0.25) is 0 Å². The fraction of sp³-hybridized carbons (Fsp3) is 0.0526. The largest absolute Gasteiger partial charge is 0.465 e. The molecule has 0 fully saturated rings. The maximum absolute atomic E-state index is 11.5. The van der Waals surface area contributed by atoms with Gasteiger partial charge in [0, 0.05) is 34.3 Å². The van der Waals surface area contributed by atoms with E-state index >= 15 is 0 Å². The van der Waals surface area contributed by atoms with Crippen molar-refractivity contribution >= 4 is 16.9 Å². The van der Waals surface area contributed by atoms with Crippen LogP contribution in [-0.4, -0.2) is 23.2 Å². The number of rotatable bonds is 3. The minimum Gasteiger partial charge on any atom is -0.465 e. The molecule has 0 bridgehead atoms. The molecule has 0 aliphatic heterocycles. The number of carbonyl (C=O) groups is 1. The van der Waals surface area contributed by atoms with Gasteiger partial charge in [-0.2, -0.15) is 0 Å². The van der Waals surface area contributed by atoms with E-state index in [-0.39, 0.29) is 5.97 Å². The molecule has 2 aromatic carbocycles. The van der Waals surface area contributed by atoms with Crippen molar-refractivity contribution in [2.24, 2.45) is 0 Å². The Labute approximate surface area is 137 Å². The van der Waals surface area contributed by atoms with Crippen molar-refractivity contribution in [3.63, 3.8) is 0 Å². The van der Waals surface area contributed by atoms with Gasteiger partial charge in [-0.25, -0.2) is 4.79 Å². The van der Waals surface area contributed by atoms with Crippen LogP contribution in [0.15, 0.2) is 65.3 Å². The molecule has 0 atom stereocenters. The second-order valence-electron chi connectivity index (χ2n) is 5.43. The van der Waals surface area contributed by atoms with Gasteiger partial charge in [-0.15, -0.1) is 0 Å². The molecule has 0 radical (unpaired) electrons. The molecule has 0 spiro atoms. The van der Waals surface area contributed by atoms with Crippen LogP contribution in [0.3, 0.4) is 0 Å². The summed E-state index contributed by atoms with van der Waals surface area (Å²) in [5.41, 5.74) is 4.14. The van der Waals surface area contributed by atoms with Crippen LogP contribution in [-0.2, 0) is 4.74 Å². The molecule has 0 aliphatic rings. The number of hydrogen-bond donors (Lipinski definition) is 1. The Balaban J connectivity index is 1.65. The zero-order chi connectivity index (χ0) is 16.5. The molecule has 5 heteroatoms. The molecule has 0 saturated carbocycles. The van der Waals surface area contributed by atoms with Crippen LogP contribution in [0.4, 0.5) is 0 Å². The molecule has 0 saturated heterocycles. The number of aromatic amines is 1. The summed E-state index contributed by atoms with van der Waals surface area (Å²) >= 11 is 0. The van der Waals surface area contributed by atoms with Gasteiger partial charge in [0.15, 0.2) is 5.76 Å². The number of nitrogens with zero attached hydrogens (tertiary/aromatic N) is 1. The molecular weight excluding hydrogens is 304 g/mol. The lowest BCUT2D eigenvalue weighted by Gasteiger charge is -1.99. The molecular formula is C19H14N2O3. The first-order valence-corrected chi connectivity index (χ1v) is 7.47. The lowest BCUT2D eigenvalue weighted by atomic mass is 10.1. The third-order valence-electron chi connectivity index (χ3n) is 3.95. The van der Waals surface area contributed by atoms with Gasteiger partial charge in [-0.05, 0) is 36.4 Å². The van der Waals surface area contributed by atoms with E-state index in [4.69, 9.17) is 9.26 Å². The fourth-order valence-electron chi connectivity index (χ4n) is 2.65. The molecule has 2 heterocycles. The van der Waals surface area contributed by atoms with E-state index in [1.54, 1.807) is 12.1 Å². The number of fused-ring (bicyclic) bond motifs is 1. The van der Waals surface area contributed by atoms with Gasteiger partial charge in [0.05, 0.1) is 12.7 Å². The highest BCUT2D eigenvalue weighted by Crippen LogP contribution is 2.28. The van der Waals surface area contributed by atoms with Crippen molar-refractivity contribution in [3.05, 3.63) is 66.4 Å². The van der Waals surface area contributed by atoms with Crippen LogP contribution >= 0.6 is 0 Å². The summed E-state index contributed by atoms with van der Waals surface area (Å²) in [7, 11) is 1.36. The SMILES string of the molecule is COC(=O)c1ccc(-c2cc(-c3ccc4[nH]ccc4c3)on2)cc1. The first-order valence-electron chi connectivity index (χ1n) is 7.47. The molecule has 5 nitrogen and oxygen atoms in total. The topological polar surface area (TPSA) is 68.1 Å². The minimum absolute atomic E-state index is 0.359. The lowest BCUT2D eigenvalue weighted by molar-refractivity contribution is 0.0601. The van der Waals surface area contributed by atoms with Gasteiger partial charge in [-0.1, -0.05) is 17.3 Å². The number of ether oxygens (including phenoxy) is 1. The van der Waals surface area contributed by atoms with E-state index in [1.165, 1.54) is 7.11 Å². The number of methoxy groups -OCH3 is 1. The summed E-state index contributed by atoms with van der Waals surface area (Å²) in [6, 6.07) is 17.0. The minimum atomic E-state index is -0.359. The monoisotopic (exact) mass is 318 g/mol. The van der Waals surface area contributed by atoms with Crippen molar-refractivity contribution < 1.29 is 14.1 Å². The van der Waals surface area contributed by atoms with Crippen molar-refractivity contribution in [1.82, 2.24) is 10.1 Å². The van der Waals surface area contributed by atoms with Crippen molar-refractivity contribution in [1.29, 1.82) is 0 Å². The van der Waals surface area contributed by atoms with E-state index in [0.717, 1.165) is 27.7 Å². The number of esters is 1. The van der Waals surface area contributed by atoms with Crippen LogP contribution in [0, 0.1) is 0 Å². The summed E-state index contributed by atoms with van der Waals surface area (Å²) in [5.74, 6) is 0.340. The third kappa shape index (κ3) is 2.46. The van der Waals surface area contributed by atoms with Crippen LogP contribution in [0.5, 0.6) is 0 Å². The van der Waals surface area contributed by atoms with Crippen molar-refractivity contribution in [2.75, 3.05) is 7.11 Å². The maximum atomic E-state index is 11.5. The number of H-pyrrole nitrogens is 1. The van der Waals surface area contributed by atoms with Gasteiger partial charge in [-0.3, -0.25) is 0 Å². The smallest absolute Gasteiger partial charge is 0.337 e. The fourth-order valence-corrected chi connectivity index (χ4v) is 2.65. The van der Waals surface area contributed by atoms with Gasteiger partial charge >= 0.3 is 5.97 Å². The Kier molecular flexibility index (Phi) is 3.39. The summed E-state index contributed by atoms with van der Waals surface area (Å²) in [5, 5.41) is 5.24. The molecule has 1 N–H and O–H groups in total. The van der Waals surface area contributed by atoms with Crippen molar-refractivity contribution in [3.8, 4) is 22.6 Å². The Morgan fingerprint density at radius 3 is 2.62 bits per heavy atom. The average molecular weight is 318 g/mol. The zero-order valence-electron chi connectivity index (χ0n) is 12.9. The van der Waals surface area contributed by atoms with Gasteiger partial charge < -0.3 is 14.2 Å². The summed E-state index contributed by atoms with van der Waals surface area (Å²) < 4.78 is 10.2. The zero-order valence-corrected chi connectivity index (χ0v) is 12.9. The van der Waals surface area contributed by atoms with Crippen LogP contribution in [0.1, 0.15) is 10.4 Å². The highest BCUT2D eigenvalue weighted by atomic mass is 16.5. The molecule has 118 valence electrons. The predicted octanol–water partition coefficient (Wildman–Crippen LogP) is 4.28. The normalized spacial score (nSPS) is 10.9. The Morgan fingerprint density at radius 2 is 1.83 bits per heavy atom. The number of aromatic nitrogens is 2. The molecule has 4 rings (SSSR count). The molecule has 2 aromatic heterocycles. The Hall–Kier alpha value is -3.34. The molecule has 4 aromatic rings. The van der Waals surface area contributed by atoms with E-state index in [2.05, 4.69) is 16.2 Å². The third-order valence-corrected chi connectivity index (χ3v) is 3.95. The van der Waals surface area contributed by atoms with Crippen LogP contribution in [0.25, 0.3) is 33.5 Å². The molecule has 0 aliphatic carbocycles.